The number of esters is 1. The molecule has 2 rings (SSSR count). The second kappa shape index (κ2) is 23.4. The Bertz CT molecular complexity index is 1880. The molecule has 0 aliphatic carbocycles. The SMILES string of the molecule is COC(=O)[C@@H](NC(=O)[C@@H](NC(=O)C(F)(F)C(=O)C(Cc1ccccc1)NC(=O)[C@H](C)N(C(=O)OC(C)(C)C)C(=O)[C@H](C)NC(=O)[C@@H](N)COCc1ccccc1)C(C)C)C(C)C. The number of carbonyl (C=O) groups excluding carboxylic acids is 8. The molecule has 0 aromatic heterocycles. The Balaban J connectivity index is 2.39. The molecule has 0 aliphatic heterocycles. The molecular weight excluding hydrogens is 814 g/mol. The average Bonchev–Trinajstić information content (AvgIpc) is 3.20. The van der Waals surface area contributed by atoms with Crippen LogP contribution in [0.4, 0.5) is 13.6 Å². The summed E-state index contributed by atoms with van der Waals surface area (Å²) in [6, 6.07) is 7.07. The highest BCUT2D eigenvalue weighted by Crippen LogP contribution is 2.22. The van der Waals surface area contributed by atoms with Crippen molar-refractivity contribution in [1.29, 1.82) is 0 Å². The van der Waals surface area contributed by atoms with Gasteiger partial charge in [0, 0.05) is 6.42 Å². The van der Waals surface area contributed by atoms with Crippen molar-refractivity contribution >= 4 is 47.4 Å². The van der Waals surface area contributed by atoms with Gasteiger partial charge < -0.3 is 41.2 Å². The molecule has 0 heterocycles. The molecule has 6 atom stereocenters. The first kappa shape index (κ1) is 52.3. The number of alkyl halides is 2. The normalized spacial score (nSPS) is 14.6. The number of Topliss-reactive ketones (excluding diaryl/α,β-unsaturated/α-hetero) is 1. The van der Waals surface area contributed by atoms with Crippen LogP contribution in [-0.2, 0) is 60.8 Å². The molecule has 1 unspecified atom stereocenters. The zero-order valence-corrected chi connectivity index (χ0v) is 36.8. The zero-order valence-electron chi connectivity index (χ0n) is 36.8. The first-order valence-electron chi connectivity index (χ1n) is 20.0. The Morgan fingerprint density at radius 3 is 1.74 bits per heavy atom. The maximum atomic E-state index is 16.0. The minimum absolute atomic E-state index is 0.145. The third kappa shape index (κ3) is 15.6. The van der Waals surface area contributed by atoms with E-state index in [0.717, 1.165) is 19.6 Å². The van der Waals surface area contributed by atoms with E-state index in [-0.39, 0.29) is 18.8 Å². The predicted octanol–water partition coefficient (Wildman–Crippen LogP) is 2.57. The van der Waals surface area contributed by atoms with Gasteiger partial charge in [-0.15, -0.1) is 0 Å². The van der Waals surface area contributed by atoms with Gasteiger partial charge in [-0.1, -0.05) is 88.4 Å². The highest BCUT2D eigenvalue weighted by atomic mass is 19.3. The van der Waals surface area contributed by atoms with E-state index in [2.05, 4.69) is 16.0 Å². The topological polar surface area (TPSA) is 242 Å². The van der Waals surface area contributed by atoms with Crippen LogP contribution in [-0.4, -0.2) is 114 Å². The molecule has 0 aliphatic rings. The Morgan fingerprint density at radius 1 is 0.710 bits per heavy atom. The molecule has 0 saturated carbocycles. The van der Waals surface area contributed by atoms with E-state index in [1.54, 1.807) is 44.2 Å². The van der Waals surface area contributed by atoms with E-state index in [1.807, 2.05) is 11.4 Å². The number of carbonyl (C=O) groups is 8. The van der Waals surface area contributed by atoms with Crippen molar-refractivity contribution in [3.63, 3.8) is 0 Å². The van der Waals surface area contributed by atoms with Crippen LogP contribution in [0.5, 0.6) is 0 Å². The van der Waals surface area contributed by atoms with Crippen molar-refractivity contribution in [2.75, 3.05) is 13.7 Å². The Labute approximate surface area is 360 Å². The van der Waals surface area contributed by atoms with Crippen molar-refractivity contribution < 1.29 is 61.3 Å². The van der Waals surface area contributed by atoms with Gasteiger partial charge in [0.2, 0.25) is 23.5 Å². The van der Waals surface area contributed by atoms with E-state index in [0.29, 0.717) is 4.90 Å². The second-order valence-corrected chi connectivity index (χ2v) is 16.3. The number of imide groups is 1. The number of nitrogens with two attached hydrogens (primary N) is 1. The lowest BCUT2D eigenvalue weighted by atomic mass is 9.96. The summed E-state index contributed by atoms with van der Waals surface area (Å²) in [5.41, 5.74) is 5.87. The number of hydrogen-bond acceptors (Lipinski definition) is 12. The van der Waals surface area contributed by atoms with Crippen molar-refractivity contribution in [3.8, 4) is 0 Å². The minimum Gasteiger partial charge on any atom is -0.467 e. The number of benzene rings is 2. The van der Waals surface area contributed by atoms with Crippen molar-refractivity contribution in [1.82, 2.24) is 26.2 Å². The summed E-state index contributed by atoms with van der Waals surface area (Å²) >= 11 is 0. The van der Waals surface area contributed by atoms with Gasteiger partial charge in [-0.2, -0.15) is 8.78 Å². The van der Waals surface area contributed by atoms with Crippen LogP contribution in [0.1, 0.15) is 73.4 Å². The summed E-state index contributed by atoms with van der Waals surface area (Å²) in [4.78, 5) is 107. The molecule has 0 bridgehead atoms. The van der Waals surface area contributed by atoms with Gasteiger partial charge in [-0.3, -0.25) is 28.8 Å². The standard InChI is InChI=1S/C43H60F2N6O11/c1-24(2)32(37(55)49-33(25(3)4)39(57)60-10)50-40(58)43(44,45)34(52)31(21-28-17-13-11-14-18-28)48-35(53)27(6)51(41(59)62-42(7,8)9)38(56)26(5)47-36(54)30(46)23-61-22-29-19-15-12-16-20-29/h11-20,24-27,30-33H,21-23,46H2,1-10H3,(H,47,54)(H,48,53)(H,49,55)(H,50,58)/t26-,27-,30-,31?,32-,33-/m0/s1. The molecule has 342 valence electrons. The molecule has 6 N–H and O–H groups in total. The third-order valence-electron chi connectivity index (χ3n) is 9.23. The summed E-state index contributed by atoms with van der Waals surface area (Å²) in [6.45, 7) is 12.7. The van der Waals surface area contributed by atoms with Crippen LogP contribution in [0.25, 0.3) is 0 Å². The lowest BCUT2D eigenvalue weighted by Crippen LogP contribution is -2.62. The number of nitrogens with zero attached hydrogens (tertiary/aromatic N) is 1. The monoisotopic (exact) mass is 874 g/mol. The summed E-state index contributed by atoms with van der Waals surface area (Å²) in [5, 5.41) is 8.84. The molecule has 19 heteroatoms. The number of ketones is 1. The van der Waals surface area contributed by atoms with Gasteiger partial charge in [-0.25, -0.2) is 14.5 Å². The number of halogens is 2. The van der Waals surface area contributed by atoms with E-state index < -0.39 is 113 Å². The second-order valence-electron chi connectivity index (χ2n) is 16.3. The highest BCUT2D eigenvalue weighted by Gasteiger charge is 2.52. The number of methoxy groups -OCH3 is 1. The van der Waals surface area contributed by atoms with Crippen LogP contribution in [0.15, 0.2) is 60.7 Å². The molecule has 0 fully saturated rings. The molecular formula is C43H60F2N6O11. The van der Waals surface area contributed by atoms with E-state index in [4.69, 9.17) is 19.9 Å². The van der Waals surface area contributed by atoms with Gasteiger partial charge in [0.15, 0.2) is 0 Å². The fraction of sp³-hybridized carbons (Fsp3) is 0.535. The van der Waals surface area contributed by atoms with Crippen LogP contribution in [0.3, 0.4) is 0 Å². The Kier molecular flexibility index (Phi) is 19.8. The molecule has 2 aromatic carbocycles. The average molecular weight is 875 g/mol. The zero-order chi connectivity index (χ0) is 47.1. The van der Waals surface area contributed by atoms with Crippen LogP contribution in [0.2, 0.25) is 0 Å². The first-order chi connectivity index (χ1) is 28.8. The molecule has 6 amide bonds. The lowest BCUT2D eigenvalue weighted by Gasteiger charge is -2.32. The van der Waals surface area contributed by atoms with Gasteiger partial charge in [0.25, 0.3) is 11.8 Å². The van der Waals surface area contributed by atoms with E-state index >= 15 is 8.78 Å². The number of nitrogens with one attached hydrogen (secondary N) is 4. The van der Waals surface area contributed by atoms with Crippen LogP contribution >= 0.6 is 0 Å². The molecule has 62 heavy (non-hydrogen) atoms. The Hall–Kier alpha value is -5.82. The maximum Gasteiger partial charge on any atom is 0.417 e. The molecule has 17 nitrogen and oxygen atoms in total. The smallest absolute Gasteiger partial charge is 0.417 e. The molecule has 0 saturated heterocycles. The van der Waals surface area contributed by atoms with Crippen LogP contribution < -0.4 is 27.0 Å². The van der Waals surface area contributed by atoms with Crippen molar-refractivity contribution in [2.24, 2.45) is 17.6 Å². The fourth-order valence-corrected chi connectivity index (χ4v) is 5.73. The molecule has 0 spiro atoms. The summed E-state index contributed by atoms with van der Waals surface area (Å²) in [6.07, 6.45) is -1.93. The van der Waals surface area contributed by atoms with Gasteiger partial charge in [0.05, 0.1) is 26.4 Å². The molecule has 0 radical (unpaired) electrons. The summed E-state index contributed by atoms with van der Waals surface area (Å²) < 4.78 is 47.7. The van der Waals surface area contributed by atoms with E-state index in [1.165, 1.54) is 65.8 Å². The Morgan fingerprint density at radius 2 is 1.24 bits per heavy atom. The highest BCUT2D eigenvalue weighted by molar-refractivity contribution is 6.12. The van der Waals surface area contributed by atoms with Gasteiger partial charge in [-0.05, 0) is 57.6 Å². The predicted molar refractivity (Wildman–Crippen MR) is 222 cm³/mol. The minimum atomic E-state index is -4.87. The van der Waals surface area contributed by atoms with Crippen LogP contribution in [0, 0.1) is 11.8 Å². The van der Waals surface area contributed by atoms with Gasteiger partial charge in [0.1, 0.15) is 35.8 Å². The number of amides is 6. The summed E-state index contributed by atoms with van der Waals surface area (Å²) in [7, 11) is 1.10. The first-order valence-corrected chi connectivity index (χ1v) is 20.0. The van der Waals surface area contributed by atoms with Gasteiger partial charge >= 0.3 is 18.0 Å². The molecule has 2 aromatic rings. The third-order valence-corrected chi connectivity index (χ3v) is 9.23. The quantitative estimate of drug-likeness (QED) is 0.0899. The van der Waals surface area contributed by atoms with Crippen molar-refractivity contribution in [3.05, 3.63) is 71.8 Å². The largest absolute Gasteiger partial charge is 0.467 e. The van der Waals surface area contributed by atoms with E-state index in [9.17, 15) is 38.4 Å². The number of rotatable bonds is 21. The lowest BCUT2D eigenvalue weighted by molar-refractivity contribution is -0.161. The number of hydrogen-bond donors (Lipinski definition) is 5. The summed E-state index contributed by atoms with van der Waals surface area (Å²) in [5.74, 6) is -15.5. The maximum absolute atomic E-state index is 16.0. The number of ether oxygens (including phenoxy) is 3. The fourth-order valence-electron chi connectivity index (χ4n) is 5.73. The van der Waals surface area contributed by atoms with Crippen molar-refractivity contribution in [2.45, 2.75) is 123 Å².